The van der Waals surface area contributed by atoms with Gasteiger partial charge in [0.1, 0.15) is 0 Å². The first-order valence-corrected chi connectivity index (χ1v) is 6.24. The molecule has 0 saturated carbocycles. The van der Waals surface area contributed by atoms with Crippen molar-refractivity contribution < 1.29 is 14.6 Å². The smallest absolute Gasteiger partial charge is 0.407 e. The van der Waals surface area contributed by atoms with Crippen LogP contribution >= 0.6 is 11.6 Å². The third-order valence-electron chi connectivity index (χ3n) is 3.60. The van der Waals surface area contributed by atoms with Gasteiger partial charge in [-0.2, -0.15) is 0 Å². The highest BCUT2D eigenvalue weighted by atomic mass is 35.5. The Morgan fingerprint density at radius 3 is 2.33 bits per heavy atom. The van der Waals surface area contributed by atoms with Gasteiger partial charge in [-0.1, -0.05) is 23.7 Å². The van der Waals surface area contributed by atoms with Crippen molar-refractivity contribution in [3.8, 4) is 0 Å². The molecule has 18 heavy (non-hydrogen) atoms. The van der Waals surface area contributed by atoms with Crippen molar-refractivity contribution in [2.75, 3.05) is 20.2 Å². The number of rotatable bonds is 2. The van der Waals surface area contributed by atoms with Crippen LogP contribution < -0.4 is 0 Å². The van der Waals surface area contributed by atoms with Crippen LogP contribution in [0.2, 0.25) is 5.02 Å². The molecule has 5 heteroatoms. The number of likely N-dealkylation sites (tertiary alicyclic amines) is 1. The lowest BCUT2D eigenvalue weighted by Gasteiger charge is -2.40. The fraction of sp³-hybridized carbons (Fsp3) is 0.462. The third kappa shape index (κ3) is 2.44. The highest BCUT2D eigenvalue weighted by Crippen LogP contribution is 2.36. The average molecular weight is 270 g/mol. The number of halogens is 1. The molecule has 4 nitrogen and oxygen atoms in total. The summed E-state index contributed by atoms with van der Waals surface area (Å²) in [6.07, 6.45) is 0.463. The van der Waals surface area contributed by atoms with Gasteiger partial charge in [0.15, 0.2) is 0 Å². The number of nitrogens with zero attached hydrogens (tertiary/aromatic N) is 1. The zero-order valence-corrected chi connectivity index (χ0v) is 11.0. The number of hydrogen-bond acceptors (Lipinski definition) is 2. The molecule has 2 rings (SSSR count). The molecule has 1 aromatic rings. The lowest BCUT2D eigenvalue weighted by Crippen LogP contribution is -2.45. The molecular formula is C13H16ClNO3. The molecule has 1 aliphatic rings. The van der Waals surface area contributed by atoms with Crippen molar-refractivity contribution in [2.24, 2.45) is 0 Å². The molecule has 0 spiro atoms. The predicted molar refractivity (Wildman–Crippen MR) is 69.0 cm³/mol. The lowest BCUT2D eigenvalue weighted by atomic mass is 9.84. The third-order valence-corrected chi connectivity index (χ3v) is 3.85. The maximum Gasteiger partial charge on any atom is 0.407 e. The number of carbonyl (C=O) groups is 1. The van der Waals surface area contributed by atoms with Crippen molar-refractivity contribution in [2.45, 2.75) is 18.4 Å². The highest BCUT2D eigenvalue weighted by Gasteiger charge is 2.37. The van der Waals surface area contributed by atoms with Crippen LogP contribution in [0.5, 0.6) is 0 Å². The first kappa shape index (κ1) is 13.2. The molecule has 1 amide bonds. The molecule has 1 saturated heterocycles. The molecule has 1 N–H and O–H groups in total. The second-order valence-corrected chi connectivity index (χ2v) is 4.91. The predicted octanol–water partition coefficient (Wildman–Crippen LogP) is 2.96. The minimum absolute atomic E-state index is 0.392. The number of ether oxygens (including phenoxy) is 1. The van der Waals surface area contributed by atoms with Gasteiger partial charge < -0.3 is 14.7 Å². The molecular weight excluding hydrogens is 254 g/mol. The van der Waals surface area contributed by atoms with Gasteiger partial charge in [0.25, 0.3) is 0 Å². The first-order valence-electron chi connectivity index (χ1n) is 5.86. The molecule has 0 aliphatic carbocycles. The average Bonchev–Trinajstić information content (AvgIpc) is 2.39. The first-order chi connectivity index (χ1) is 8.57. The van der Waals surface area contributed by atoms with E-state index in [-0.39, 0.29) is 0 Å². The van der Waals surface area contributed by atoms with Crippen molar-refractivity contribution in [3.05, 3.63) is 34.9 Å². The highest BCUT2D eigenvalue weighted by molar-refractivity contribution is 6.30. The van der Waals surface area contributed by atoms with Gasteiger partial charge in [0, 0.05) is 25.2 Å². The van der Waals surface area contributed by atoms with Gasteiger partial charge in [-0.05, 0) is 30.5 Å². The van der Waals surface area contributed by atoms with Crippen LogP contribution in [0.25, 0.3) is 0 Å². The summed E-state index contributed by atoms with van der Waals surface area (Å²) >= 11 is 5.88. The SMILES string of the molecule is COC1(c2ccc(Cl)cc2)CCN(C(=O)O)CC1. The molecule has 1 aliphatic heterocycles. The topological polar surface area (TPSA) is 49.8 Å². The molecule has 0 aromatic heterocycles. The van der Waals surface area contributed by atoms with E-state index in [9.17, 15) is 4.79 Å². The number of piperidine rings is 1. The normalized spacial score (nSPS) is 18.7. The van der Waals surface area contributed by atoms with Crippen molar-refractivity contribution in [1.82, 2.24) is 4.90 Å². The number of amides is 1. The monoisotopic (exact) mass is 269 g/mol. The fourth-order valence-corrected chi connectivity index (χ4v) is 2.55. The Bertz CT molecular complexity index is 424. The maximum absolute atomic E-state index is 10.9. The molecule has 1 aromatic carbocycles. The van der Waals surface area contributed by atoms with E-state index in [2.05, 4.69) is 0 Å². The van der Waals surface area contributed by atoms with Gasteiger partial charge in [-0.15, -0.1) is 0 Å². The van der Waals surface area contributed by atoms with E-state index < -0.39 is 11.7 Å². The Labute approximate surface area is 111 Å². The summed E-state index contributed by atoms with van der Waals surface area (Å²) in [4.78, 5) is 12.3. The molecule has 0 bridgehead atoms. The quantitative estimate of drug-likeness (QED) is 0.898. The summed E-state index contributed by atoms with van der Waals surface area (Å²) in [5.41, 5.74) is 0.663. The Hall–Kier alpha value is -1.26. The summed E-state index contributed by atoms with van der Waals surface area (Å²) < 4.78 is 5.67. The second kappa shape index (κ2) is 5.16. The number of carboxylic acid groups (broad SMARTS) is 1. The molecule has 0 unspecified atom stereocenters. The zero-order valence-electron chi connectivity index (χ0n) is 10.2. The van der Waals surface area contributed by atoms with Crippen LogP contribution in [0.15, 0.2) is 24.3 Å². The Morgan fingerprint density at radius 2 is 1.89 bits per heavy atom. The van der Waals surface area contributed by atoms with Crippen LogP contribution in [-0.2, 0) is 10.3 Å². The molecule has 1 heterocycles. The van der Waals surface area contributed by atoms with Crippen LogP contribution in [0, 0.1) is 0 Å². The van der Waals surface area contributed by atoms with E-state index in [0.29, 0.717) is 31.0 Å². The minimum atomic E-state index is -0.865. The fourth-order valence-electron chi connectivity index (χ4n) is 2.42. The summed E-state index contributed by atoms with van der Waals surface area (Å²) in [5.74, 6) is 0. The maximum atomic E-state index is 10.9. The van der Waals surface area contributed by atoms with Gasteiger partial charge >= 0.3 is 6.09 Å². The van der Waals surface area contributed by atoms with Gasteiger partial charge in [0.2, 0.25) is 0 Å². The largest absolute Gasteiger partial charge is 0.465 e. The van der Waals surface area contributed by atoms with E-state index in [0.717, 1.165) is 5.56 Å². The van der Waals surface area contributed by atoms with E-state index in [1.807, 2.05) is 24.3 Å². The number of benzene rings is 1. The van der Waals surface area contributed by atoms with E-state index >= 15 is 0 Å². The lowest BCUT2D eigenvalue weighted by molar-refractivity contribution is -0.0582. The Morgan fingerprint density at radius 1 is 1.33 bits per heavy atom. The van der Waals surface area contributed by atoms with Crippen LogP contribution in [-0.4, -0.2) is 36.3 Å². The Balaban J connectivity index is 2.18. The van der Waals surface area contributed by atoms with Crippen LogP contribution in [0.4, 0.5) is 4.79 Å². The van der Waals surface area contributed by atoms with Crippen molar-refractivity contribution in [3.63, 3.8) is 0 Å². The summed E-state index contributed by atoms with van der Waals surface area (Å²) in [5, 5.41) is 9.64. The summed E-state index contributed by atoms with van der Waals surface area (Å²) in [6, 6.07) is 7.56. The summed E-state index contributed by atoms with van der Waals surface area (Å²) in [6.45, 7) is 0.984. The van der Waals surface area contributed by atoms with Crippen molar-refractivity contribution in [1.29, 1.82) is 0 Å². The Kier molecular flexibility index (Phi) is 3.78. The second-order valence-electron chi connectivity index (χ2n) is 4.47. The zero-order chi connectivity index (χ0) is 13.2. The van der Waals surface area contributed by atoms with Crippen LogP contribution in [0.1, 0.15) is 18.4 Å². The molecule has 1 fully saturated rings. The van der Waals surface area contributed by atoms with Crippen LogP contribution in [0.3, 0.4) is 0 Å². The van der Waals surface area contributed by atoms with Gasteiger partial charge in [-0.25, -0.2) is 4.79 Å². The van der Waals surface area contributed by atoms with E-state index in [1.54, 1.807) is 7.11 Å². The molecule has 0 atom stereocenters. The molecule has 0 radical (unpaired) electrons. The van der Waals surface area contributed by atoms with E-state index in [4.69, 9.17) is 21.4 Å². The summed E-state index contributed by atoms with van der Waals surface area (Å²) in [7, 11) is 1.67. The standard InChI is InChI=1S/C13H16ClNO3/c1-18-13(10-2-4-11(14)5-3-10)6-8-15(9-7-13)12(16)17/h2-5H,6-9H2,1H3,(H,16,17). The van der Waals surface area contributed by atoms with Gasteiger partial charge in [-0.3, -0.25) is 0 Å². The van der Waals surface area contributed by atoms with E-state index in [1.165, 1.54) is 4.90 Å². The number of hydrogen-bond donors (Lipinski definition) is 1. The number of methoxy groups -OCH3 is 1. The molecule has 98 valence electrons. The van der Waals surface area contributed by atoms with Crippen molar-refractivity contribution >= 4 is 17.7 Å². The minimum Gasteiger partial charge on any atom is -0.465 e. The van der Waals surface area contributed by atoms with Gasteiger partial charge in [0.05, 0.1) is 5.60 Å².